The van der Waals surface area contributed by atoms with E-state index in [1.807, 2.05) is 6.92 Å². The SMILES string of the molecule is Cc1nn2c(c1-c1ccccc1F)NC(Nc1ccc(F)c(Cl)c1)S2. The summed E-state index contributed by atoms with van der Waals surface area (Å²) >= 11 is 7.21. The van der Waals surface area contributed by atoms with Crippen molar-refractivity contribution in [2.75, 3.05) is 10.6 Å². The molecule has 0 saturated heterocycles. The largest absolute Gasteiger partial charge is 0.355 e. The van der Waals surface area contributed by atoms with Crippen LogP contribution >= 0.6 is 23.5 Å². The lowest BCUT2D eigenvalue weighted by Gasteiger charge is -2.14. The Kier molecular flexibility index (Phi) is 4.05. The Morgan fingerprint density at radius 1 is 1.20 bits per heavy atom. The number of aryl methyl sites for hydroxylation is 1. The van der Waals surface area contributed by atoms with Crippen LogP contribution in [0.15, 0.2) is 42.5 Å². The summed E-state index contributed by atoms with van der Waals surface area (Å²) in [5, 5.41) is 11.0. The van der Waals surface area contributed by atoms with Crippen LogP contribution in [0.2, 0.25) is 5.02 Å². The number of hydrogen-bond acceptors (Lipinski definition) is 4. The van der Waals surface area contributed by atoms with Crippen LogP contribution in [0, 0.1) is 18.6 Å². The van der Waals surface area contributed by atoms with Crippen LogP contribution in [-0.4, -0.2) is 14.7 Å². The van der Waals surface area contributed by atoms with Gasteiger partial charge in [-0.2, -0.15) is 9.19 Å². The minimum Gasteiger partial charge on any atom is -0.355 e. The first kappa shape index (κ1) is 16.2. The van der Waals surface area contributed by atoms with Gasteiger partial charge in [-0.05, 0) is 31.2 Å². The molecule has 2 aromatic carbocycles. The first-order chi connectivity index (χ1) is 12.0. The van der Waals surface area contributed by atoms with E-state index in [9.17, 15) is 8.78 Å². The number of fused-ring (bicyclic) bond motifs is 1. The van der Waals surface area contributed by atoms with Crippen LogP contribution in [0.25, 0.3) is 11.1 Å². The Morgan fingerprint density at radius 2 is 2.00 bits per heavy atom. The molecule has 1 unspecified atom stereocenters. The van der Waals surface area contributed by atoms with Gasteiger partial charge in [0.05, 0.1) is 16.3 Å². The second-order valence-electron chi connectivity index (χ2n) is 5.56. The molecule has 0 fully saturated rings. The highest BCUT2D eigenvalue weighted by molar-refractivity contribution is 7.98. The van der Waals surface area contributed by atoms with Crippen molar-refractivity contribution in [3.8, 4) is 11.1 Å². The van der Waals surface area contributed by atoms with E-state index in [0.29, 0.717) is 11.3 Å². The molecule has 25 heavy (non-hydrogen) atoms. The third-order valence-electron chi connectivity index (χ3n) is 3.86. The minimum atomic E-state index is -0.468. The molecule has 2 heterocycles. The molecule has 8 heteroatoms. The molecular weight excluding hydrogens is 366 g/mol. The first-order valence-corrected chi connectivity index (χ1v) is 8.74. The van der Waals surface area contributed by atoms with Gasteiger partial charge < -0.3 is 10.6 Å². The molecule has 3 aromatic rings. The summed E-state index contributed by atoms with van der Waals surface area (Å²) in [6, 6.07) is 11.0. The van der Waals surface area contributed by atoms with E-state index in [0.717, 1.165) is 17.1 Å². The minimum absolute atomic E-state index is 0.0497. The van der Waals surface area contributed by atoms with Crippen LogP contribution in [0.4, 0.5) is 20.3 Å². The fourth-order valence-corrected chi connectivity index (χ4v) is 3.90. The van der Waals surface area contributed by atoms with Crippen molar-refractivity contribution < 1.29 is 8.78 Å². The van der Waals surface area contributed by atoms with Gasteiger partial charge >= 0.3 is 0 Å². The van der Waals surface area contributed by atoms with E-state index in [-0.39, 0.29) is 16.3 Å². The summed E-state index contributed by atoms with van der Waals surface area (Å²) < 4.78 is 29.2. The molecule has 0 bridgehead atoms. The van der Waals surface area contributed by atoms with E-state index in [1.165, 1.54) is 30.1 Å². The Bertz CT molecular complexity index is 960. The van der Waals surface area contributed by atoms with Crippen LogP contribution in [0.3, 0.4) is 0 Å². The fraction of sp³-hybridized carbons (Fsp3) is 0.118. The number of nitrogens with one attached hydrogen (secondary N) is 2. The van der Waals surface area contributed by atoms with Crippen molar-refractivity contribution in [1.29, 1.82) is 0 Å². The van der Waals surface area contributed by atoms with Gasteiger partial charge in [-0.1, -0.05) is 29.8 Å². The molecule has 0 amide bonds. The zero-order chi connectivity index (χ0) is 17.6. The molecule has 2 N–H and O–H groups in total. The number of halogens is 3. The maximum Gasteiger partial charge on any atom is 0.168 e. The zero-order valence-corrected chi connectivity index (χ0v) is 14.6. The molecule has 4 nitrogen and oxygen atoms in total. The van der Waals surface area contributed by atoms with E-state index in [1.54, 1.807) is 28.4 Å². The van der Waals surface area contributed by atoms with Crippen LogP contribution < -0.4 is 10.6 Å². The van der Waals surface area contributed by atoms with Crippen molar-refractivity contribution in [2.45, 2.75) is 12.4 Å². The van der Waals surface area contributed by atoms with Crippen molar-refractivity contribution in [1.82, 2.24) is 9.19 Å². The Hall–Kier alpha value is -2.25. The van der Waals surface area contributed by atoms with Gasteiger partial charge in [-0.15, -0.1) is 0 Å². The van der Waals surface area contributed by atoms with Gasteiger partial charge in [-0.25, -0.2) is 8.78 Å². The Morgan fingerprint density at radius 3 is 2.76 bits per heavy atom. The second kappa shape index (κ2) is 6.24. The molecule has 1 aliphatic rings. The summed E-state index contributed by atoms with van der Waals surface area (Å²) in [5.74, 6) is -0.0436. The lowest BCUT2D eigenvalue weighted by atomic mass is 10.1. The molecule has 1 atom stereocenters. The van der Waals surface area contributed by atoms with E-state index < -0.39 is 5.82 Å². The molecule has 0 aliphatic carbocycles. The third kappa shape index (κ3) is 2.94. The summed E-state index contributed by atoms with van der Waals surface area (Å²) in [6.07, 6.45) is 0. The van der Waals surface area contributed by atoms with Gasteiger partial charge in [-0.3, -0.25) is 0 Å². The van der Waals surface area contributed by atoms with E-state index in [2.05, 4.69) is 15.7 Å². The zero-order valence-electron chi connectivity index (χ0n) is 13.1. The normalized spacial score (nSPS) is 15.8. The topological polar surface area (TPSA) is 41.9 Å². The van der Waals surface area contributed by atoms with Gasteiger partial charge in [0.25, 0.3) is 0 Å². The standard InChI is InChI=1S/C17H13ClF2N4S/c1-9-15(11-4-2-3-5-13(11)19)16-22-17(25-24(16)23-9)21-10-6-7-14(20)12(18)8-10/h2-8,17,21-22H,1H3. The highest BCUT2D eigenvalue weighted by Crippen LogP contribution is 2.40. The molecular formula is C17H13ClF2N4S. The van der Waals surface area contributed by atoms with Gasteiger partial charge in [0, 0.05) is 23.2 Å². The van der Waals surface area contributed by atoms with E-state index in [4.69, 9.17) is 11.6 Å². The first-order valence-electron chi connectivity index (χ1n) is 7.53. The molecule has 1 aromatic heterocycles. The van der Waals surface area contributed by atoms with Crippen molar-refractivity contribution in [3.63, 3.8) is 0 Å². The Balaban J connectivity index is 1.61. The van der Waals surface area contributed by atoms with Crippen LogP contribution in [-0.2, 0) is 0 Å². The molecule has 4 rings (SSSR count). The monoisotopic (exact) mass is 378 g/mol. The maximum atomic E-state index is 14.2. The summed E-state index contributed by atoms with van der Waals surface area (Å²) in [5.41, 5.74) is 2.40. The quantitative estimate of drug-likeness (QED) is 0.664. The summed E-state index contributed by atoms with van der Waals surface area (Å²) in [7, 11) is 0. The molecule has 0 saturated carbocycles. The predicted octanol–water partition coefficient (Wildman–Crippen LogP) is 5.11. The van der Waals surface area contributed by atoms with Gasteiger partial charge in [0.1, 0.15) is 17.5 Å². The smallest absolute Gasteiger partial charge is 0.168 e. The van der Waals surface area contributed by atoms with Crippen molar-refractivity contribution in [3.05, 3.63) is 64.8 Å². The molecule has 128 valence electrons. The molecule has 0 spiro atoms. The number of benzene rings is 2. The summed E-state index contributed by atoms with van der Waals surface area (Å²) in [6.45, 7) is 1.84. The highest BCUT2D eigenvalue weighted by atomic mass is 35.5. The summed E-state index contributed by atoms with van der Waals surface area (Å²) in [4.78, 5) is 0. The predicted molar refractivity (Wildman–Crippen MR) is 97.8 cm³/mol. The van der Waals surface area contributed by atoms with Crippen molar-refractivity contribution in [2.24, 2.45) is 0 Å². The lowest BCUT2D eigenvalue weighted by Crippen LogP contribution is -2.21. The Labute approximate surface area is 152 Å². The fourth-order valence-electron chi connectivity index (χ4n) is 2.74. The van der Waals surface area contributed by atoms with Crippen LogP contribution in [0.1, 0.15) is 5.69 Å². The lowest BCUT2D eigenvalue weighted by molar-refractivity contribution is 0.628. The second-order valence-corrected chi connectivity index (χ2v) is 7.00. The molecule has 0 radical (unpaired) electrons. The van der Waals surface area contributed by atoms with Gasteiger partial charge in [0.15, 0.2) is 5.50 Å². The number of nitrogens with zero attached hydrogens (tertiary/aromatic N) is 2. The number of hydrogen-bond donors (Lipinski definition) is 2. The van der Waals surface area contributed by atoms with Crippen molar-refractivity contribution >= 4 is 35.1 Å². The maximum absolute atomic E-state index is 14.2. The highest BCUT2D eigenvalue weighted by Gasteiger charge is 2.29. The number of rotatable bonds is 3. The van der Waals surface area contributed by atoms with E-state index >= 15 is 0 Å². The van der Waals surface area contributed by atoms with Crippen LogP contribution in [0.5, 0.6) is 0 Å². The third-order valence-corrected chi connectivity index (χ3v) is 5.06. The molecule has 1 aliphatic heterocycles. The average Bonchev–Trinajstić information content (AvgIpc) is 3.08. The average molecular weight is 379 g/mol. The number of aromatic nitrogens is 2. The number of anilines is 2. The van der Waals surface area contributed by atoms with Gasteiger partial charge in [0.2, 0.25) is 0 Å².